The second-order valence-corrected chi connectivity index (χ2v) is 8.53. The topological polar surface area (TPSA) is 13.1 Å². The molecule has 0 spiro atoms. The Kier molecular flexibility index (Phi) is 3.91. The number of benzene rings is 6. The molecule has 1 heterocycles. The number of rotatable bonds is 2. The lowest BCUT2D eigenvalue weighted by Gasteiger charge is -2.09. The monoisotopic (exact) mass is 420 g/mol. The van der Waals surface area contributed by atoms with Crippen LogP contribution in [-0.4, -0.2) is 0 Å². The zero-order valence-corrected chi connectivity index (χ0v) is 18.0. The third-order valence-corrected chi connectivity index (χ3v) is 6.66. The lowest BCUT2D eigenvalue weighted by Crippen LogP contribution is -1.83. The van der Waals surface area contributed by atoms with Crippen LogP contribution in [0.2, 0.25) is 0 Å². The third kappa shape index (κ3) is 2.73. The van der Waals surface area contributed by atoms with Gasteiger partial charge in [-0.15, -0.1) is 0 Å². The fourth-order valence-electron chi connectivity index (χ4n) is 5.14. The molecule has 1 aromatic heterocycles. The van der Waals surface area contributed by atoms with E-state index >= 15 is 0 Å². The van der Waals surface area contributed by atoms with Crippen LogP contribution >= 0.6 is 0 Å². The van der Waals surface area contributed by atoms with Crippen LogP contribution in [-0.2, 0) is 0 Å². The van der Waals surface area contributed by atoms with E-state index in [1.165, 1.54) is 32.3 Å². The minimum atomic E-state index is 0.926. The summed E-state index contributed by atoms with van der Waals surface area (Å²) in [4.78, 5) is 0. The molecule has 7 rings (SSSR count). The lowest BCUT2D eigenvalue weighted by molar-refractivity contribution is 0.666. The van der Waals surface area contributed by atoms with E-state index in [1.54, 1.807) is 0 Å². The summed E-state index contributed by atoms with van der Waals surface area (Å²) in [5.74, 6) is 0. The quantitative estimate of drug-likeness (QED) is 0.272. The molecule has 0 unspecified atom stereocenters. The van der Waals surface area contributed by atoms with Gasteiger partial charge in [0.1, 0.15) is 11.2 Å². The van der Waals surface area contributed by atoms with Gasteiger partial charge < -0.3 is 4.42 Å². The maximum absolute atomic E-state index is 7.02. The molecule has 0 bridgehead atoms. The largest absolute Gasteiger partial charge is 0.455 e. The molecule has 1 nitrogen and oxygen atoms in total. The van der Waals surface area contributed by atoms with E-state index in [2.05, 4.69) is 121 Å². The van der Waals surface area contributed by atoms with Crippen LogP contribution in [0.4, 0.5) is 0 Å². The van der Waals surface area contributed by atoms with Gasteiger partial charge in [0.05, 0.1) is 0 Å². The van der Waals surface area contributed by atoms with Crippen molar-refractivity contribution in [1.29, 1.82) is 0 Å². The highest BCUT2D eigenvalue weighted by atomic mass is 16.3. The summed E-state index contributed by atoms with van der Waals surface area (Å²) in [5.41, 5.74) is 6.39. The van der Waals surface area contributed by atoms with E-state index < -0.39 is 0 Å². The molecule has 0 N–H and O–H groups in total. The highest BCUT2D eigenvalue weighted by molar-refractivity contribution is 6.26. The van der Waals surface area contributed by atoms with Gasteiger partial charge in [-0.05, 0) is 44.8 Å². The predicted molar refractivity (Wildman–Crippen MR) is 140 cm³/mol. The van der Waals surface area contributed by atoms with Crippen molar-refractivity contribution in [3.63, 3.8) is 0 Å². The summed E-state index contributed by atoms with van der Waals surface area (Å²) in [7, 11) is 0. The van der Waals surface area contributed by atoms with Crippen molar-refractivity contribution in [2.75, 3.05) is 0 Å². The minimum Gasteiger partial charge on any atom is -0.455 e. The van der Waals surface area contributed by atoms with Crippen molar-refractivity contribution >= 4 is 43.5 Å². The molecule has 0 saturated carbocycles. The first-order chi connectivity index (χ1) is 16.4. The van der Waals surface area contributed by atoms with E-state index in [0.717, 1.165) is 33.4 Å². The second kappa shape index (κ2) is 7.08. The van der Waals surface area contributed by atoms with Crippen LogP contribution < -0.4 is 0 Å². The maximum Gasteiger partial charge on any atom is 0.143 e. The minimum absolute atomic E-state index is 0.926. The summed E-state index contributed by atoms with van der Waals surface area (Å²) in [6.07, 6.45) is 0. The summed E-state index contributed by atoms with van der Waals surface area (Å²) < 4.78 is 7.02. The Morgan fingerprint density at radius 2 is 0.818 bits per heavy atom. The lowest BCUT2D eigenvalue weighted by atomic mass is 9.95. The Hall–Kier alpha value is -4.36. The molecule has 33 heavy (non-hydrogen) atoms. The molecule has 0 saturated heterocycles. The molecule has 0 fully saturated rings. The molecule has 6 aromatic carbocycles. The highest BCUT2D eigenvalue weighted by Crippen LogP contribution is 2.42. The molecule has 7 aromatic rings. The SMILES string of the molecule is c1ccc(-c2ccc3cccc4c5cccc6ccc(-c7ccccc7)c(oc2c34)c65)cc1. The van der Waals surface area contributed by atoms with Gasteiger partial charge in [0, 0.05) is 21.9 Å². The number of hydrogen-bond acceptors (Lipinski definition) is 1. The summed E-state index contributed by atoms with van der Waals surface area (Å²) in [6, 6.07) is 42.9. The standard InChI is InChI=1S/C32H20O/c1-3-9-21(10-4-1)25-19-17-23-13-7-15-27-28-16-8-14-24-18-20-26(22-11-5-2-6-12-22)32(30(24)28)33-31(25)29(23)27/h1-20H. The zero-order valence-electron chi connectivity index (χ0n) is 18.0. The third-order valence-electron chi connectivity index (χ3n) is 6.66. The number of hydrogen-bond donors (Lipinski definition) is 0. The second-order valence-electron chi connectivity index (χ2n) is 8.53. The molecule has 0 aliphatic rings. The van der Waals surface area contributed by atoms with E-state index in [4.69, 9.17) is 4.42 Å². The molecule has 0 radical (unpaired) electrons. The molecule has 0 amide bonds. The van der Waals surface area contributed by atoms with Crippen LogP contribution in [0.1, 0.15) is 0 Å². The van der Waals surface area contributed by atoms with Gasteiger partial charge in [-0.1, -0.05) is 109 Å². The predicted octanol–water partition coefficient (Wildman–Crippen LogP) is 9.23. The zero-order chi connectivity index (χ0) is 21.8. The summed E-state index contributed by atoms with van der Waals surface area (Å²) in [6.45, 7) is 0. The Bertz CT molecular complexity index is 1660. The van der Waals surface area contributed by atoms with Gasteiger partial charge in [0.2, 0.25) is 0 Å². The number of fused-ring (bicyclic) bond motifs is 1. The van der Waals surface area contributed by atoms with E-state index in [1.807, 2.05) is 0 Å². The van der Waals surface area contributed by atoms with Crippen LogP contribution in [0.5, 0.6) is 0 Å². The molecule has 0 aliphatic carbocycles. The highest BCUT2D eigenvalue weighted by Gasteiger charge is 2.17. The Morgan fingerprint density at radius 3 is 1.27 bits per heavy atom. The Labute approximate surface area is 191 Å². The van der Waals surface area contributed by atoms with Gasteiger partial charge >= 0.3 is 0 Å². The van der Waals surface area contributed by atoms with Crippen LogP contribution in [0.3, 0.4) is 0 Å². The van der Waals surface area contributed by atoms with E-state index in [9.17, 15) is 0 Å². The smallest absolute Gasteiger partial charge is 0.143 e. The van der Waals surface area contributed by atoms with Crippen molar-refractivity contribution in [2.45, 2.75) is 0 Å². The van der Waals surface area contributed by atoms with Gasteiger partial charge in [-0.3, -0.25) is 0 Å². The molecule has 0 aliphatic heterocycles. The average Bonchev–Trinajstić information content (AvgIpc) is 3.03. The fourth-order valence-corrected chi connectivity index (χ4v) is 5.14. The van der Waals surface area contributed by atoms with Crippen LogP contribution in [0.25, 0.3) is 65.7 Å². The normalized spacial score (nSPS) is 11.6. The summed E-state index contributed by atoms with van der Waals surface area (Å²) in [5, 5.41) is 7.15. The van der Waals surface area contributed by atoms with Crippen molar-refractivity contribution in [2.24, 2.45) is 0 Å². The first-order valence-electron chi connectivity index (χ1n) is 11.3. The maximum atomic E-state index is 7.02. The molecule has 154 valence electrons. The average molecular weight is 421 g/mol. The van der Waals surface area contributed by atoms with E-state index in [-0.39, 0.29) is 0 Å². The first-order valence-corrected chi connectivity index (χ1v) is 11.3. The fraction of sp³-hybridized carbons (Fsp3) is 0. The van der Waals surface area contributed by atoms with Crippen LogP contribution in [0, 0.1) is 0 Å². The summed E-state index contributed by atoms with van der Waals surface area (Å²) >= 11 is 0. The van der Waals surface area contributed by atoms with Crippen molar-refractivity contribution in [3.8, 4) is 22.3 Å². The van der Waals surface area contributed by atoms with Crippen LogP contribution in [0.15, 0.2) is 126 Å². The molecular weight excluding hydrogens is 400 g/mol. The Morgan fingerprint density at radius 1 is 0.364 bits per heavy atom. The van der Waals surface area contributed by atoms with Crippen molar-refractivity contribution in [3.05, 3.63) is 121 Å². The van der Waals surface area contributed by atoms with Gasteiger partial charge in [0.25, 0.3) is 0 Å². The molecular formula is C32H20O. The van der Waals surface area contributed by atoms with Gasteiger partial charge in [-0.25, -0.2) is 0 Å². The van der Waals surface area contributed by atoms with Crippen molar-refractivity contribution in [1.82, 2.24) is 0 Å². The Balaban J connectivity index is 1.79. The molecule has 0 atom stereocenters. The van der Waals surface area contributed by atoms with E-state index in [0.29, 0.717) is 0 Å². The van der Waals surface area contributed by atoms with Gasteiger partial charge in [-0.2, -0.15) is 0 Å². The van der Waals surface area contributed by atoms with Gasteiger partial charge in [0.15, 0.2) is 0 Å². The first kappa shape index (κ1) is 18.2. The molecule has 1 heteroatoms. The van der Waals surface area contributed by atoms with Crippen molar-refractivity contribution < 1.29 is 4.42 Å².